The first-order valence-corrected chi connectivity index (χ1v) is 5.50. The van der Waals surface area contributed by atoms with E-state index in [2.05, 4.69) is 10.2 Å². The fourth-order valence-electron chi connectivity index (χ4n) is 1.37. The van der Waals surface area contributed by atoms with Gasteiger partial charge in [-0.2, -0.15) is 5.10 Å². The van der Waals surface area contributed by atoms with Crippen LogP contribution >= 0.6 is 11.5 Å². The van der Waals surface area contributed by atoms with Crippen LogP contribution in [0.15, 0.2) is 23.1 Å². The van der Waals surface area contributed by atoms with E-state index < -0.39 is 0 Å². The molecule has 15 heavy (non-hydrogen) atoms. The Balaban J connectivity index is 2.60. The third-order valence-electron chi connectivity index (χ3n) is 2.18. The molecular formula is C10H11N3OS. The van der Waals surface area contributed by atoms with E-state index in [1.807, 2.05) is 26.0 Å². The highest BCUT2D eigenvalue weighted by atomic mass is 32.1. The van der Waals surface area contributed by atoms with Crippen molar-refractivity contribution in [2.75, 3.05) is 0 Å². The van der Waals surface area contributed by atoms with E-state index in [1.54, 1.807) is 10.2 Å². The molecule has 2 aromatic rings. The van der Waals surface area contributed by atoms with Gasteiger partial charge in [-0.05, 0) is 26.0 Å². The van der Waals surface area contributed by atoms with Crippen molar-refractivity contribution >= 4 is 11.5 Å². The van der Waals surface area contributed by atoms with Crippen molar-refractivity contribution in [2.45, 2.75) is 20.4 Å². The SMILES string of the molecule is CCn1sc(-c2cccnn2)c(C)c1=O. The molecule has 0 aromatic carbocycles. The van der Waals surface area contributed by atoms with Crippen LogP contribution in [0.1, 0.15) is 12.5 Å². The van der Waals surface area contributed by atoms with Crippen LogP contribution in [0.3, 0.4) is 0 Å². The van der Waals surface area contributed by atoms with Crippen LogP contribution in [0.5, 0.6) is 0 Å². The van der Waals surface area contributed by atoms with Crippen LogP contribution in [0.25, 0.3) is 10.6 Å². The molecule has 2 aromatic heterocycles. The molecule has 0 aliphatic heterocycles. The average molecular weight is 221 g/mol. The first kappa shape index (κ1) is 10.0. The van der Waals surface area contributed by atoms with Gasteiger partial charge in [0.2, 0.25) is 0 Å². The van der Waals surface area contributed by atoms with Crippen LogP contribution in [-0.2, 0) is 6.54 Å². The normalized spacial score (nSPS) is 10.5. The van der Waals surface area contributed by atoms with E-state index in [0.717, 1.165) is 16.1 Å². The summed E-state index contributed by atoms with van der Waals surface area (Å²) in [5.41, 5.74) is 1.59. The zero-order valence-corrected chi connectivity index (χ0v) is 9.41. The predicted molar refractivity (Wildman–Crippen MR) is 60.0 cm³/mol. The van der Waals surface area contributed by atoms with Crippen LogP contribution < -0.4 is 5.56 Å². The maximum Gasteiger partial charge on any atom is 0.264 e. The standard InChI is InChI=1S/C10H11N3OS/c1-3-13-10(14)7(2)9(15-13)8-5-4-6-11-12-8/h4-6H,3H2,1-2H3. The second kappa shape index (κ2) is 3.94. The minimum absolute atomic E-state index is 0.0724. The van der Waals surface area contributed by atoms with Crippen molar-refractivity contribution in [3.63, 3.8) is 0 Å². The van der Waals surface area contributed by atoms with Gasteiger partial charge in [0.1, 0.15) is 5.69 Å². The molecule has 0 saturated heterocycles. The Hall–Kier alpha value is -1.49. The molecule has 0 bridgehead atoms. The molecule has 5 heteroatoms. The maximum atomic E-state index is 11.7. The summed E-state index contributed by atoms with van der Waals surface area (Å²) in [5.74, 6) is 0. The summed E-state index contributed by atoms with van der Waals surface area (Å²) in [6.45, 7) is 4.48. The van der Waals surface area contributed by atoms with E-state index in [-0.39, 0.29) is 5.56 Å². The molecule has 2 heterocycles. The summed E-state index contributed by atoms with van der Waals surface area (Å²) in [5, 5.41) is 7.82. The minimum atomic E-state index is 0.0724. The molecule has 0 aliphatic carbocycles. The average Bonchev–Trinajstić information content (AvgIpc) is 2.57. The Labute approximate surface area is 91.4 Å². The number of hydrogen-bond acceptors (Lipinski definition) is 4. The molecule has 0 fully saturated rings. The third-order valence-corrected chi connectivity index (χ3v) is 3.52. The van der Waals surface area contributed by atoms with Gasteiger partial charge in [-0.25, -0.2) is 0 Å². The number of rotatable bonds is 2. The highest BCUT2D eigenvalue weighted by molar-refractivity contribution is 7.10. The monoisotopic (exact) mass is 221 g/mol. The molecule has 0 aliphatic rings. The quantitative estimate of drug-likeness (QED) is 0.775. The van der Waals surface area contributed by atoms with Crippen molar-refractivity contribution in [3.8, 4) is 10.6 Å². The molecule has 2 rings (SSSR count). The molecule has 0 unspecified atom stereocenters. The Morgan fingerprint density at radius 2 is 2.33 bits per heavy atom. The van der Waals surface area contributed by atoms with Crippen molar-refractivity contribution in [1.29, 1.82) is 0 Å². The van der Waals surface area contributed by atoms with E-state index in [1.165, 1.54) is 11.5 Å². The molecule has 0 N–H and O–H groups in total. The van der Waals surface area contributed by atoms with Gasteiger partial charge in [0.15, 0.2) is 0 Å². The lowest BCUT2D eigenvalue weighted by Gasteiger charge is -1.94. The van der Waals surface area contributed by atoms with Gasteiger partial charge in [-0.15, -0.1) is 5.10 Å². The fourth-order valence-corrected chi connectivity index (χ4v) is 2.37. The Bertz CT molecular complexity index is 515. The highest BCUT2D eigenvalue weighted by Gasteiger charge is 2.12. The summed E-state index contributed by atoms with van der Waals surface area (Å²) < 4.78 is 1.72. The zero-order valence-electron chi connectivity index (χ0n) is 8.60. The number of nitrogens with zero attached hydrogens (tertiary/aromatic N) is 3. The summed E-state index contributed by atoms with van der Waals surface area (Å²) >= 11 is 1.44. The highest BCUT2D eigenvalue weighted by Crippen LogP contribution is 2.23. The molecule has 0 amide bonds. The lowest BCUT2D eigenvalue weighted by molar-refractivity contribution is 0.805. The summed E-state index contributed by atoms with van der Waals surface area (Å²) in [4.78, 5) is 12.6. The molecule has 0 spiro atoms. The first-order chi connectivity index (χ1) is 7.24. The Kier molecular flexibility index (Phi) is 2.64. The van der Waals surface area contributed by atoms with Crippen molar-refractivity contribution in [1.82, 2.24) is 14.2 Å². The third kappa shape index (κ3) is 1.70. The summed E-state index contributed by atoms with van der Waals surface area (Å²) in [6, 6.07) is 3.69. The second-order valence-electron chi connectivity index (χ2n) is 3.15. The minimum Gasteiger partial charge on any atom is -0.268 e. The smallest absolute Gasteiger partial charge is 0.264 e. The molecular weight excluding hydrogens is 210 g/mol. The lowest BCUT2D eigenvalue weighted by atomic mass is 10.2. The van der Waals surface area contributed by atoms with Crippen molar-refractivity contribution < 1.29 is 0 Å². The van der Waals surface area contributed by atoms with E-state index in [4.69, 9.17) is 0 Å². The molecule has 0 atom stereocenters. The van der Waals surface area contributed by atoms with Gasteiger partial charge in [0, 0.05) is 18.3 Å². The molecule has 78 valence electrons. The molecule has 0 radical (unpaired) electrons. The van der Waals surface area contributed by atoms with E-state index in [9.17, 15) is 4.79 Å². The van der Waals surface area contributed by atoms with Crippen molar-refractivity contribution in [2.24, 2.45) is 0 Å². The van der Waals surface area contributed by atoms with Gasteiger partial charge in [0.25, 0.3) is 5.56 Å². The lowest BCUT2D eigenvalue weighted by Crippen LogP contribution is -2.13. The Morgan fingerprint density at radius 1 is 1.53 bits per heavy atom. The topological polar surface area (TPSA) is 47.8 Å². The first-order valence-electron chi connectivity index (χ1n) is 4.72. The van der Waals surface area contributed by atoms with E-state index >= 15 is 0 Å². The van der Waals surface area contributed by atoms with Gasteiger partial charge in [-0.3, -0.25) is 8.75 Å². The summed E-state index contributed by atoms with van der Waals surface area (Å²) in [7, 11) is 0. The molecule has 0 saturated carbocycles. The number of hydrogen-bond donors (Lipinski definition) is 0. The van der Waals surface area contributed by atoms with Gasteiger partial charge in [-0.1, -0.05) is 11.5 Å². The fraction of sp³-hybridized carbons (Fsp3) is 0.300. The maximum absolute atomic E-state index is 11.7. The number of aryl methyl sites for hydroxylation is 1. The predicted octanol–water partition coefficient (Wildman–Crippen LogP) is 1.70. The second-order valence-corrected chi connectivity index (χ2v) is 4.19. The van der Waals surface area contributed by atoms with E-state index in [0.29, 0.717) is 6.54 Å². The summed E-state index contributed by atoms with van der Waals surface area (Å²) in [6.07, 6.45) is 1.62. The van der Waals surface area contributed by atoms with Crippen LogP contribution in [-0.4, -0.2) is 14.2 Å². The Morgan fingerprint density at radius 3 is 2.87 bits per heavy atom. The van der Waals surface area contributed by atoms with Gasteiger partial charge < -0.3 is 0 Å². The molecule has 4 nitrogen and oxygen atoms in total. The number of aromatic nitrogens is 3. The van der Waals surface area contributed by atoms with Gasteiger partial charge in [0.05, 0.1) is 4.88 Å². The zero-order chi connectivity index (χ0) is 10.8. The van der Waals surface area contributed by atoms with Gasteiger partial charge >= 0.3 is 0 Å². The largest absolute Gasteiger partial charge is 0.268 e. The van der Waals surface area contributed by atoms with Crippen molar-refractivity contribution in [3.05, 3.63) is 34.2 Å². The van der Waals surface area contributed by atoms with Crippen LogP contribution in [0, 0.1) is 6.92 Å². The van der Waals surface area contributed by atoms with Crippen LogP contribution in [0.4, 0.5) is 0 Å². The van der Waals surface area contributed by atoms with Crippen LogP contribution in [0.2, 0.25) is 0 Å².